The van der Waals surface area contributed by atoms with Crippen molar-refractivity contribution < 1.29 is 4.79 Å². The number of nitrogens with zero attached hydrogens (tertiary/aromatic N) is 2. The molecule has 1 aromatic rings. The van der Waals surface area contributed by atoms with E-state index in [9.17, 15) is 4.79 Å². The molecule has 0 saturated carbocycles. The second-order valence-electron chi connectivity index (χ2n) is 5.61. The summed E-state index contributed by atoms with van der Waals surface area (Å²) < 4.78 is 0. The van der Waals surface area contributed by atoms with Gasteiger partial charge in [-0.05, 0) is 44.7 Å². The number of anilines is 1. The van der Waals surface area contributed by atoms with Crippen LogP contribution >= 0.6 is 0 Å². The third kappa shape index (κ3) is 3.06. The number of carbonyl (C=O) groups excluding carboxylic acids is 1. The molecule has 0 aromatic carbocycles. The molecule has 2 rings (SSSR count). The van der Waals surface area contributed by atoms with Gasteiger partial charge < -0.3 is 10.2 Å². The number of piperidine rings is 1. The van der Waals surface area contributed by atoms with Crippen molar-refractivity contribution >= 4 is 11.7 Å². The first kappa shape index (κ1) is 13.8. The molecule has 1 aliphatic heterocycles. The van der Waals surface area contributed by atoms with Crippen molar-refractivity contribution in [2.24, 2.45) is 5.92 Å². The Morgan fingerprint density at radius 1 is 1.42 bits per heavy atom. The van der Waals surface area contributed by atoms with Gasteiger partial charge in [-0.1, -0.05) is 6.92 Å². The third-order valence-electron chi connectivity index (χ3n) is 3.86. The molecular formula is C15H23N3O. The zero-order valence-electron chi connectivity index (χ0n) is 12.2. The fourth-order valence-corrected chi connectivity index (χ4v) is 2.79. The van der Waals surface area contributed by atoms with Gasteiger partial charge in [-0.25, -0.2) is 4.98 Å². The van der Waals surface area contributed by atoms with E-state index in [0.29, 0.717) is 12.0 Å². The topological polar surface area (TPSA) is 45.2 Å². The lowest BCUT2D eigenvalue weighted by Gasteiger charge is -2.36. The van der Waals surface area contributed by atoms with E-state index in [4.69, 9.17) is 0 Å². The van der Waals surface area contributed by atoms with E-state index in [1.807, 2.05) is 31.0 Å². The monoisotopic (exact) mass is 261 g/mol. The van der Waals surface area contributed by atoms with E-state index in [2.05, 4.69) is 24.1 Å². The van der Waals surface area contributed by atoms with Gasteiger partial charge in [0.2, 0.25) is 0 Å². The highest BCUT2D eigenvalue weighted by Gasteiger charge is 2.27. The van der Waals surface area contributed by atoms with Gasteiger partial charge in [0.25, 0.3) is 5.91 Å². The number of aromatic nitrogens is 1. The normalized spacial score (nSPS) is 23.3. The van der Waals surface area contributed by atoms with Gasteiger partial charge in [0.05, 0.1) is 0 Å². The Labute approximate surface area is 115 Å². The summed E-state index contributed by atoms with van der Waals surface area (Å²) >= 11 is 0. The number of amides is 1. The minimum atomic E-state index is 0.126. The quantitative estimate of drug-likeness (QED) is 0.890. The largest absolute Gasteiger partial charge is 0.373 e. The molecule has 0 aliphatic carbocycles. The van der Waals surface area contributed by atoms with Crippen LogP contribution in [0.5, 0.6) is 0 Å². The number of hydrogen-bond donors (Lipinski definition) is 1. The Bertz CT molecular complexity index is 472. The van der Waals surface area contributed by atoms with E-state index >= 15 is 0 Å². The molecule has 1 aromatic heterocycles. The van der Waals surface area contributed by atoms with Gasteiger partial charge in [-0.15, -0.1) is 0 Å². The molecular weight excluding hydrogens is 238 g/mol. The standard InChI is InChI=1S/C15H23N3O/c1-10-5-6-18(12(3)7-10)15(19)13-8-11(2)17-14(9-13)16-4/h8-10,12H,5-7H2,1-4H3,(H,16,17). The highest BCUT2D eigenvalue weighted by atomic mass is 16.2. The van der Waals surface area contributed by atoms with Crippen LogP contribution in [-0.2, 0) is 0 Å². The van der Waals surface area contributed by atoms with E-state index < -0.39 is 0 Å². The molecule has 2 atom stereocenters. The molecule has 0 bridgehead atoms. The van der Waals surface area contributed by atoms with Crippen molar-refractivity contribution in [1.29, 1.82) is 0 Å². The summed E-state index contributed by atoms with van der Waals surface area (Å²) in [6.07, 6.45) is 2.19. The number of pyridine rings is 1. The Morgan fingerprint density at radius 2 is 2.16 bits per heavy atom. The zero-order chi connectivity index (χ0) is 14.0. The fraction of sp³-hybridized carbons (Fsp3) is 0.600. The summed E-state index contributed by atoms with van der Waals surface area (Å²) in [7, 11) is 1.82. The summed E-state index contributed by atoms with van der Waals surface area (Å²) in [6, 6.07) is 4.02. The van der Waals surface area contributed by atoms with Crippen molar-refractivity contribution in [1.82, 2.24) is 9.88 Å². The Balaban J connectivity index is 2.21. The second-order valence-corrected chi connectivity index (χ2v) is 5.61. The van der Waals surface area contributed by atoms with Gasteiger partial charge in [-0.2, -0.15) is 0 Å². The van der Waals surface area contributed by atoms with Gasteiger partial charge in [-0.3, -0.25) is 4.79 Å². The van der Waals surface area contributed by atoms with Crippen LogP contribution in [0.25, 0.3) is 0 Å². The maximum Gasteiger partial charge on any atom is 0.254 e. The lowest BCUT2D eigenvalue weighted by atomic mass is 9.93. The number of carbonyl (C=O) groups is 1. The van der Waals surface area contributed by atoms with Crippen LogP contribution in [0, 0.1) is 12.8 Å². The number of hydrogen-bond acceptors (Lipinski definition) is 3. The Hall–Kier alpha value is -1.58. The van der Waals surface area contributed by atoms with Gasteiger partial charge >= 0.3 is 0 Å². The fourth-order valence-electron chi connectivity index (χ4n) is 2.79. The molecule has 1 N–H and O–H groups in total. The number of likely N-dealkylation sites (tertiary alicyclic amines) is 1. The summed E-state index contributed by atoms with van der Waals surface area (Å²) in [5.74, 6) is 1.59. The Kier molecular flexibility index (Phi) is 4.08. The highest BCUT2D eigenvalue weighted by Crippen LogP contribution is 2.24. The smallest absolute Gasteiger partial charge is 0.254 e. The predicted octanol–water partition coefficient (Wildman–Crippen LogP) is 2.69. The molecule has 1 saturated heterocycles. The predicted molar refractivity (Wildman–Crippen MR) is 77.4 cm³/mol. The average molecular weight is 261 g/mol. The third-order valence-corrected chi connectivity index (χ3v) is 3.86. The number of nitrogens with one attached hydrogen (secondary N) is 1. The van der Waals surface area contributed by atoms with Gasteiger partial charge in [0.1, 0.15) is 5.82 Å². The number of aryl methyl sites for hydroxylation is 1. The molecule has 1 amide bonds. The van der Waals surface area contributed by atoms with Gasteiger partial charge in [0, 0.05) is 30.9 Å². The Morgan fingerprint density at radius 3 is 2.79 bits per heavy atom. The molecule has 1 aliphatic rings. The number of rotatable bonds is 2. The zero-order valence-corrected chi connectivity index (χ0v) is 12.2. The summed E-state index contributed by atoms with van der Waals surface area (Å²) in [5.41, 5.74) is 1.60. The van der Waals surface area contributed by atoms with E-state index in [0.717, 1.165) is 36.5 Å². The van der Waals surface area contributed by atoms with Gasteiger partial charge in [0.15, 0.2) is 0 Å². The van der Waals surface area contributed by atoms with Crippen molar-refractivity contribution in [3.05, 3.63) is 23.4 Å². The molecule has 104 valence electrons. The van der Waals surface area contributed by atoms with Crippen LogP contribution in [0.15, 0.2) is 12.1 Å². The van der Waals surface area contributed by atoms with Crippen molar-refractivity contribution in [3.8, 4) is 0 Å². The first-order chi connectivity index (χ1) is 9.01. The lowest BCUT2D eigenvalue weighted by Crippen LogP contribution is -2.44. The molecule has 0 radical (unpaired) electrons. The van der Waals surface area contributed by atoms with E-state index in [1.54, 1.807) is 0 Å². The van der Waals surface area contributed by atoms with Crippen LogP contribution in [0.2, 0.25) is 0 Å². The average Bonchev–Trinajstić information content (AvgIpc) is 2.37. The molecule has 0 spiro atoms. The summed E-state index contributed by atoms with van der Waals surface area (Å²) in [4.78, 5) is 18.9. The summed E-state index contributed by atoms with van der Waals surface area (Å²) in [5, 5.41) is 3.00. The van der Waals surface area contributed by atoms with E-state index in [1.165, 1.54) is 0 Å². The van der Waals surface area contributed by atoms with Crippen molar-refractivity contribution in [3.63, 3.8) is 0 Å². The van der Waals surface area contributed by atoms with Crippen LogP contribution in [0.1, 0.15) is 42.7 Å². The lowest BCUT2D eigenvalue weighted by molar-refractivity contribution is 0.0588. The van der Waals surface area contributed by atoms with Crippen LogP contribution in [0.3, 0.4) is 0 Å². The SMILES string of the molecule is CNc1cc(C(=O)N2CCC(C)CC2C)cc(C)n1. The molecule has 2 unspecified atom stereocenters. The molecule has 19 heavy (non-hydrogen) atoms. The van der Waals surface area contributed by atoms with Crippen molar-refractivity contribution in [2.75, 3.05) is 18.9 Å². The first-order valence-corrected chi connectivity index (χ1v) is 6.98. The molecule has 4 heteroatoms. The van der Waals surface area contributed by atoms with Crippen LogP contribution in [-0.4, -0.2) is 35.4 Å². The second kappa shape index (κ2) is 5.59. The van der Waals surface area contributed by atoms with E-state index in [-0.39, 0.29) is 5.91 Å². The maximum absolute atomic E-state index is 12.6. The molecule has 2 heterocycles. The minimum Gasteiger partial charge on any atom is -0.373 e. The van der Waals surface area contributed by atoms with Crippen molar-refractivity contribution in [2.45, 2.75) is 39.7 Å². The maximum atomic E-state index is 12.6. The van der Waals surface area contributed by atoms with Crippen LogP contribution in [0.4, 0.5) is 5.82 Å². The highest BCUT2D eigenvalue weighted by molar-refractivity contribution is 5.95. The van der Waals surface area contributed by atoms with Crippen LogP contribution < -0.4 is 5.32 Å². The minimum absolute atomic E-state index is 0.126. The summed E-state index contributed by atoms with van der Waals surface area (Å²) in [6.45, 7) is 7.17. The molecule has 1 fully saturated rings. The first-order valence-electron chi connectivity index (χ1n) is 6.98. The molecule has 4 nitrogen and oxygen atoms in total.